The zero-order valence-electron chi connectivity index (χ0n) is 17.3. The molecule has 2 aliphatic rings. The third-order valence-electron chi connectivity index (χ3n) is 5.98. The first-order valence-electron chi connectivity index (χ1n) is 10.8. The highest BCUT2D eigenvalue weighted by molar-refractivity contribution is 7.89. The van der Waals surface area contributed by atoms with Crippen molar-refractivity contribution in [3.63, 3.8) is 0 Å². The molecule has 1 atom stereocenters. The maximum Gasteiger partial charge on any atom is 0.243 e. The lowest BCUT2D eigenvalue weighted by atomic mass is 9.94. The van der Waals surface area contributed by atoms with Gasteiger partial charge in [0.2, 0.25) is 15.9 Å². The van der Waals surface area contributed by atoms with Gasteiger partial charge in [0.15, 0.2) is 0 Å². The van der Waals surface area contributed by atoms with E-state index in [1.165, 1.54) is 12.8 Å². The van der Waals surface area contributed by atoms with Crippen LogP contribution in [0.2, 0.25) is 0 Å². The number of rotatable bonds is 9. The Bertz CT molecular complexity index is 774. The van der Waals surface area contributed by atoms with Crippen LogP contribution in [0.1, 0.15) is 57.4 Å². The van der Waals surface area contributed by atoms with E-state index in [4.69, 9.17) is 0 Å². The number of sulfonamides is 1. The zero-order valence-corrected chi connectivity index (χ0v) is 18.1. The molecule has 5 nitrogen and oxygen atoms in total. The van der Waals surface area contributed by atoms with Crippen molar-refractivity contribution in [2.75, 3.05) is 26.2 Å². The molecule has 1 unspecified atom stereocenters. The highest BCUT2D eigenvalue weighted by Crippen LogP contribution is 2.31. The van der Waals surface area contributed by atoms with Crippen LogP contribution in [0.4, 0.5) is 0 Å². The summed E-state index contributed by atoms with van der Waals surface area (Å²) in [6.45, 7) is 6.81. The summed E-state index contributed by atoms with van der Waals surface area (Å²) in [5, 5.41) is 0. The second kappa shape index (κ2) is 9.40. The van der Waals surface area contributed by atoms with Gasteiger partial charge in [-0.1, -0.05) is 25.1 Å². The van der Waals surface area contributed by atoms with Crippen molar-refractivity contribution in [1.82, 2.24) is 9.21 Å². The molecule has 1 aliphatic carbocycles. The molecule has 28 heavy (non-hydrogen) atoms. The number of aryl methyl sites for hydroxylation is 1. The van der Waals surface area contributed by atoms with Gasteiger partial charge in [0.05, 0.1) is 4.90 Å². The molecule has 0 aromatic heterocycles. The van der Waals surface area contributed by atoms with Crippen molar-refractivity contribution < 1.29 is 13.2 Å². The molecule has 6 heteroatoms. The first-order chi connectivity index (χ1) is 13.4. The summed E-state index contributed by atoms with van der Waals surface area (Å²) in [7, 11) is -3.46. The van der Waals surface area contributed by atoms with Gasteiger partial charge in [-0.2, -0.15) is 4.31 Å². The molecular formula is C22H34N2O3S. The number of hydrogen-bond donors (Lipinski definition) is 0. The molecule has 156 valence electrons. The van der Waals surface area contributed by atoms with Crippen LogP contribution in [0.3, 0.4) is 0 Å². The smallest absolute Gasteiger partial charge is 0.243 e. The second-order valence-corrected chi connectivity index (χ2v) is 10.4. The number of amides is 1. The van der Waals surface area contributed by atoms with Crippen molar-refractivity contribution >= 4 is 15.9 Å². The predicted molar refractivity (Wildman–Crippen MR) is 111 cm³/mol. The summed E-state index contributed by atoms with van der Waals surface area (Å²) < 4.78 is 27.8. The molecule has 1 heterocycles. The highest BCUT2D eigenvalue weighted by Gasteiger charge is 2.32. The van der Waals surface area contributed by atoms with Gasteiger partial charge < -0.3 is 4.90 Å². The van der Waals surface area contributed by atoms with Crippen LogP contribution in [0.25, 0.3) is 0 Å². The minimum Gasteiger partial charge on any atom is -0.342 e. The van der Waals surface area contributed by atoms with Gasteiger partial charge in [0.1, 0.15) is 0 Å². The Morgan fingerprint density at radius 3 is 2.61 bits per heavy atom. The number of carbonyl (C=O) groups is 1. The monoisotopic (exact) mass is 406 g/mol. The van der Waals surface area contributed by atoms with Crippen LogP contribution in [0.15, 0.2) is 29.2 Å². The summed E-state index contributed by atoms with van der Waals surface area (Å²) in [4.78, 5) is 15.1. The van der Waals surface area contributed by atoms with Gasteiger partial charge in [-0.25, -0.2) is 8.42 Å². The second-order valence-electron chi connectivity index (χ2n) is 8.46. The van der Waals surface area contributed by atoms with Crippen LogP contribution < -0.4 is 0 Å². The molecule has 1 aliphatic heterocycles. The molecule has 0 bridgehead atoms. The number of benzene rings is 1. The molecule has 0 N–H and O–H groups in total. The zero-order chi connectivity index (χ0) is 20.1. The highest BCUT2D eigenvalue weighted by atomic mass is 32.2. The lowest BCUT2D eigenvalue weighted by molar-refractivity contribution is -0.131. The normalized spacial score (nSPS) is 20.9. The van der Waals surface area contributed by atoms with Gasteiger partial charge in [-0.3, -0.25) is 4.79 Å². The number of carbonyl (C=O) groups excluding carboxylic acids is 1. The van der Waals surface area contributed by atoms with Gasteiger partial charge >= 0.3 is 0 Å². The largest absolute Gasteiger partial charge is 0.342 e. The van der Waals surface area contributed by atoms with E-state index in [1.807, 2.05) is 24.0 Å². The summed E-state index contributed by atoms with van der Waals surface area (Å²) in [6, 6.07) is 7.18. The Balaban J connectivity index is 1.57. The average Bonchev–Trinajstić information content (AvgIpc) is 3.50. The maximum absolute atomic E-state index is 13.1. The summed E-state index contributed by atoms with van der Waals surface area (Å²) >= 11 is 0. The van der Waals surface area contributed by atoms with E-state index < -0.39 is 10.0 Å². The lowest BCUT2D eigenvalue weighted by Crippen LogP contribution is -2.40. The summed E-state index contributed by atoms with van der Waals surface area (Å²) in [5.41, 5.74) is 0.787. The first kappa shape index (κ1) is 21.3. The van der Waals surface area contributed by atoms with Crippen LogP contribution in [-0.4, -0.2) is 49.7 Å². The Hall–Kier alpha value is -1.40. The third kappa shape index (κ3) is 5.35. The van der Waals surface area contributed by atoms with Crippen molar-refractivity contribution in [3.8, 4) is 0 Å². The molecule has 1 amide bonds. The van der Waals surface area contributed by atoms with E-state index in [0.717, 1.165) is 44.3 Å². The minimum atomic E-state index is -3.46. The fourth-order valence-electron chi connectivity index (χ4n) is 4.15. The third-order valence-corrected chi connectivity index (χ3v) is 8.01. The predicted octanol–water partition coefficient (Wildman–Crippen LogP) is 3.82. The van der Waals surface area contributed by atoms with Crippen LogP contribution in [0, 0.1) is 18.8 Å². The van der Waals surface area contributed by atoms with E-state index in [9.17, 15) is 13.2 Å². The topological polar surface area (TPSA) is 57.7 Å². The fraction of sp³-hybridized carbons (Fsp3) is 0.682. The van der Waals surface area contributed by atoms with Gasteiger partial charge in [-0.05, 0) is 68.9 Å². The van der Waals surface area contributed by atoms with Crippen molar-refractivity contribution in [2.45, 2.75) is 63.7 Å². The Kier molecular flexibility index (Phi) is 7.15. The van der Waals surface area contributed by atoms with Crippen LogP contribution >= 0.6 is 0 Å². The van der Waals surface area contributed by atoms with Crippen LogP contribution in [-0.2, 0) is 14.8 Å². The molecule has 1 aromatic rings. The Labute approximate surface area is 170 Å². The first-order valence-corrected chi connectivity index (χ1v) is 12.2. The lowest BCUT2D eigenvalue weighted by Gasteiger charge is -2.32. The van der Waals surface area contributed by atoms with Gasteiger partial charge in [0, 0.05) is 32.6 Å². The standard InChI is InChI=1S/C22H34N2O3S/c1-3-14-23(16-20-10-11-20)22(25)13-12-19-8-6-15-24(17-19)28(26,27)21-9-5-4-7-18(21)2/h4-5,7,9,19-20H,3,6,8,10-17H2,1-2H3. The van der Waals surface area contributed by atoms with Crippen molar-refractivity contribution in [1.29, 1.82) is 0 Å². The molecule has 0 spiro atoms. The molecule has 0 radical (unpaired) electrons. The van der Waals surface area contributed by atoms with Crippen molar-refractivity contribution in [3.05, 3.63) is 29.8 Å². The minimum absolute atomic E-state index is 0.243. The summed E-state index contributed by atoms with van der Waals surface area (Å²) in [5.74, 6) is 1.22. The molecule has 3 rings (SSSR count). The quantitative estimate of drug-likeness (QED) is 0.626. The van der Waals surface area contributed by atoms with Crippen molar-refractivity contribution in [2.24, 2.45) is 11.8 Å². The maximum atomic E-state index is 13.1. The van der Waals surface area contributed by atoms with Crippen LogP contribution in [0.5, 0.6) is 0 Å². The summed E-state index contributed by atoms with van der Waals surface area (Å²) in [6.07, 6.45) is 6.68. The van der Waals surface area contributed by atoms with E-state index in [2.05, 4.69) is 6.92 Å². The Morgan fingerprint density at radius 1 is 1.18 bits per heavy atom. The molecule has 1 saturated heterocycles. The number of hydrogen-bond acceptors (Lipinski definition) is 3. The average molecular weight is 407 g/mol. The molecule has 1 aromatic carbocycles. The van der Waals surface area contributed by atoms with E-state index in [-0.39, 0.29) is 11.8 Å². The van der Waals surface area contributed by atoms with E-state index in [0.29, 0.717) is 30.3 Å². The van der Waals surface area contributed by atoms with E-state index >= 15 is 0 Å². The number of piperidine rings is 1. The van der Waals surface area contributed by atoms with Gasteiger partial charge in [0.25, 0.3) is 0 Å². The molecular weight excluding hydrogens is 372 g/mol. The SMILES string of the molecule is CCCN(CC1CC1)C(=O)CCC1CCCN(S(=O)(=O)c2ccccc2C)C1. The molecule has 2 fully saturated rings. The Morgan fingerprint density at radius 2 is 1.93 bits per heavy atom. The molecule has 1 saturated carbocycles. The number of nitrogens with zero attached hydrogens (tertiary/aromatic N) is 2. The fourth-order valence-corrected chi connectivity index (χ4v) is 5.93. The van der Waals surface area contributed by atoms with E-state index in [1.54, 1.807) is 16.4 Å². The van der Waals surface area contributed by atoms with Gasteiger partial charge in [-0.15, -0.1) is 0 Å².